The summed E-state index contributed by atoms with van der Waals surface area (Å²) in [5.41, 5.74) is 6.68. The molecule has 0 saturated heterocycles. The van der Waals surface area contributed by atoms with Gasteiger partial charge in [0.25, 0.3) is 0 Å². The normalized spacial score (nSPS) is 20.9. The number of hydrogen-bond donors (Lipinski definition) is 2. The maximum Gasteiger partial charge on any atom is 0.236 e. The van der Waals surface area contributed by atoms with Crippen molar-refractivity contribution in [3.8, 4) is 6.07 Å². The zero-order chi connectivity index (χ0) is 22.1. The highest BCUT2D eigenvalue weighted by atomic mass is 32.2. The molecule has 0 fully saturated rings. The first-order valence-corrected chi connectivity index (χ1v) is 10.7. The summed E-state index contributed by atoms with van der Waals surface area (Å²) >= 11 is -2.54. The van der Waals surface area contributed by atoms with E-state index in [-0.39, 0.29) is 12.5 Å². The van der Waals surface area contributed by atoms with Crippen molar-refractivity contribution in [1.29, 1.82) is 5.26 Å². The van der Waals surface area contributed by atoms with E-state index in [4.69, 9.17) is 10.5 Å². The number of ether oxygens (including phenoxy) is 1. The first-order valence-electron chi connectivity index (χ1n) is 9.53. The molecule has 1 aliphatic rings. The fraction of sp³-hybridized carbons (Fsp3) is 0.364. The number of nitrogens with two attached hydrogens (primary N) is 1. The lowest BCUT2D eigenvalue weighted by atomic mass is 9.71. The molecule has 2 aromatic rings. The van der Waals surface area contributed by atoms with Crippen LogP contribution in [-0.4, -0.2) is 19.9 Å². The van der Waals surface area contributed by atoms with E-state index in [1.165, 1.54) is 12.1 Å². The number of primary amides is 1. The third-order valence-corrected chi connectivity index (χ3v) is 6.47. The quantitative estimate of drug-likeness (QED) is 0.655. The van der Waals surface area contributed by atoms with Gasteiger partial charge in [-0.3, -0.25) is 4.79 Å². The monoisotopic (exact) mass is 430 g/mol. The van der Waals surface area contributed by atoms with E-state index in [1.54, 1.807) is 30.3 Å². The third-order valence-electron chi connectivity index (χ3n) is 5.47. The number of fused-ring (bicyclic) bond motifs is 1. The fourth-order valence-corrected chi connectivity index (χ4v) is 5.10. The molecule has 8 heteroatoms. The third kappa shape index (κ3) is 3.88. The van der Waals surface area contributed by atoms with E-state index in [0.717, 1.165) is 5.56 Å². The van der Waals surface area contributed by atoms with Crippen molar-refractivity contribution in [2.75, 3.05) is 0 Å². The molecular weight excluding hydrogens is 407 g/mol. The minimum absolute atomic E-state index is 0.0451. The van der Waals surface area contributed by atoms with Gasteiger partial charge in [0.1, 0.15) is 16.7 Å². The highest BCUT2D eigenvalue weighted by Gasteiger charge is 2.53. The van der Waals surface area contributed by atoms with Crippen LogP contribution in [-0.2, 0) is 32.8 Å². The second-order valence-electron chi connectivity index (χ2n) is 7.85. The van der Waals surface area contributed by atoms with E-state index in [2.05, 4.69) is 6.07 Å². The Morgan fingerprint density at radius 2 is 2.00 bits per heavy atom. The van der Waals surface area contributed by atoms with Crippen molar-refractivity contribution < 1.29 is 22.7 Å². The first-order chi connectivity index (χ1) is 14.2. The molecule has 158 valence electrons. The number of hydrogen-bond acceptors (Lipinski definition) is 4. The Morgan fingerprint density at radius 1 is 1.33 bits per heavy atom. The number of carbonyl (C=O) groups excluding carboxylic acids is 1. The summed E-state index contributed by atoms with van der Waals surface area (Å²) in [5, 5.41) is 7.84. The summed E-state index contributed by atoms with van der Waals surface area (Å²) in [6.45, 7) is 4.00. The Labute approximate surface area is 177 Å². The number of amides is 1. The topological polar surface area (TPSA) is 113 Å². The molecule has 0 bridgehead atoms. The molecule has 4 unspecified atom stereocenters. The number of halogens is 1. The molecule has 3 N–H and O–H groups in total. The van der Waals surface area contributed by atoms with Gasteiger partial charge in [0.15, 0.2) is 11.1 Å². The summed E-state index contributed by atoms with van der Waals surface area (Å²) in [6, 6.07) is 12.8. The number of nitrogens with zero attached hydrogens (tertiary/aromatic N) is 1. The summed E-state index contributed by atoms with van der Waals surface area (Å²) in [5.74, 6) is -2.09. The fourth-order valence-electron chi connectivity index (χ4n) is 4.32. The van der Waals surface area contributed by atoms with Gasteiger partial charge in [0, 0.05) is 5.92 Å². The Hall–Kier alpha value is -2.60. The van der Waals surface area contributed by atoms with E-state index in [0.29, 0.717) is 23.1 Å². The molecule has 30 heavy (non-hydrogen) atoms. The smallest absolute Gasteiger partial charge is 0.236 e. The molecule has 1 heterocycles. The number of carbonyl (C=O) groups is 1. The largest absolute Gasteiger partial charge is 0.369 e. The molecule has 0 saturated carbocycles. The predicted octanol–water partition coefficient (Wildman–Crippen LogP) is 3.21. The zero-order valence-electron chi connectivity index (χ0n) is 16.7. The van der Waals surface area contributed by atoms with Crippen LogP contribution in [0.1, 0.15) is 42.5 Å². The van der Waals surface area contributed by atoms with E-state index >= 15 is 0 Å². The molecule has 0 radical (unpaired) electrons. The lowest BCUT2D eigenvalue weighted by molar-refractivity contribution is -0.122. The van der Waals surface area contributed by atoms with Crippen LogP contribution < -0.4 is 5.73 Å². The van der Waals surface area contributed by atoms with Crippen LogP contribution in [0.15, 0.2) is 42.5 Å². The van der Waals surface area contributed by atoms with Crippen molar-refractivity contribution in [3.63, 3.8) is 0 Å². The van der Waals surface area contributed by atoms with Crippen LogP contribution in [0.4, 0.5) is 4.39 Å². The van der Waals surface area contributed by atoms with Crippen LogP contribution >= 0.6 is 0 Å². The Balaban J connectivity index is 2.32. The van der Waals surface area contributed by atoms with Crippen molar-refractivity contribution in [2.45, 2.75) is 37.7 Å². The van der Waals surface area contributed by atoms with Crippen molar-refractivity contribution in [1.82, 2.24) is 0 Å². The lowest BCUT2D eigenvalue weighted by Crippen LogP contribution is -2.50. The lowest BCUT2D eigenvalue weighted by Gasteiger charge is -2.41. The second-order valence-corrected chi connectivity index (χ2v) is 8.91. The van der Waals surface area contributed by atoms with Crippen molar-refractivity contribution >= 4 is 17.0 Å². The van der Waals surface area contributed by atoms with Crippen molar-refractivity contribution in [3.05, 3.63) is 70.5 Å². The average Bonchev–Trinajstić information content (AvgIpc) is 3.06. The van der Waals surface area contributed by atoms with Crippen LogP contribution in [0, 0.1) is 29.0 Å². The molecule has 0 spiro atoms. The van der Waals surface area contributed by atoms with Gasteiger partial charge in [-0.2, -0.15) is 5.26 Å². The van der Waals surface area contributed by atoms with Gasteiger partial charge in [-0.1, -0.05) is 32.0 Å². The highest BCUT2D eigenvalue weighted by molar-refractivity contribution is 7.80. The number of benzene rings is 2. The molecule has 2 aromatic carbocycles. The van der Waals surface area contributed by atoms with E-state index < -0.39 is 39.6 Å². The van der Waals surface area contributed by atoms with Gasteiger partial charge in [0.05, 0.1) is 18.2 Å². The Bertz CT molecular complexity index is 1000. The van der Waals surface area contributed by atoms with Gasteiger partial charge < -0.3 is 15.0 Å². The SMILES string of the molecule is CC(C)CC(C(C(N)=O)S(=O)O)C1(c2ccc(F)cc2)OCc2cc(C#N)ccc21. The molecule has 0 aromatic heterocycles. The highest BCUT2D eigenvalue weighted by Crippen LogP contribution is 2.51. The molecule has 1 aliphatic heterocycles. The Kier molecular flexibility index (Phi) is 6.36. The molecule has 1 amide bonds. The van der Waals surface area contributed by atoms with Crippen LogP contribution in [0.5, 0.6) is 0 Å². The molecule has 0 aliphatic carbocycles. The summed E-state index contributed by atoms with van der Waals surface area (Å²) < 4.78 is 42.2. The number of rotatable bonds is 7. The summed E-state index contributed by atoms with van der Waals surface area (Å²) in [6.07, 6.45) is 0.358. The van der Waals surface area contributed by atoms with Gasteiger partial charge in [0.2, 0.25) is 5.91 Å². The summed E-state index contributed by atoms with van der Waals surface area (Å²) in [4.78, 5) is 12.3. The minimum atomic E-state index is -2.54. The van der Waals surface area contributed by atoms with Gasteiger partial charge >= 0.3 is 0 Å². The molecular formula is C22H23FN2O4S. The first kappa shape index (κ1) is 22.1. The maximum absolute atomic E-state index is 13.7. The van der Waals surface area contributed by atoms with Gasteiger partial charge in [-0.15, -0.1) is 0 Å². The second kappa shape index (κ2) is 8.64. The van der Waals surface area contributed by atoms with Gasteiger partial charge in [-0.25, -0.2) is 8.60 Å². The van der Waals surface area contributed by atoms with E-state index in [1.807, 2.05) is 13.8 Å². The minimum Gasteiger partial charge on any atom is -0.369 e. The van der Waals surface area contributed by atoms with Gasteiger partial charge in [-0.05, 0) is 53.3 Å². The van der Waals surface area contributed by atoms with Crippen LogP contribution in [0.25, 0.3) is 0 Å². The predicted molar refractivity (Wildman–Crippen MR) is 110 cm³/mol. The maximum atomic E-state index is 13.7. The molecule has 3 rings (SSSR count). The summed E-state index contributed by atoms with van der Waals surface area (Å²) in [7, 11) is 0. The van der Waals surface area contributed by atoms with Crippen molar-refractivity contribution in [2.24, 2.45) is 17.6 Å². The molecule has 4 atom stereocenters. The van der Waals surface area contributed by atoms with Crippen LogP contribution in [0.3, 0.4) is 0 Å². The molecule has 6 nitrogen and oxygen atoms in total. The average molecular weight is 431 g/mol. The number of nitriles is 1. The standard InChI is InChI=1S/C22H23FN2O4S/c1-13(2)9-19(20(21(25)26)30(27)28)22(16-4-6-17(23)7-5-16)18-8-3-14(11-24)10-15(18)12-29-22/h3-8,10,13,19-20H,9,12H2,1-2H3,(H2,25,26)(H,27,28). The van der Waals surface area contributed by atoms with E-state index in [9.17, 15) is 23.2 Å². The Morgan fingerprint density at radius 3 is 2.53 bits per heavy atom. The van der Waals surface area contributed by atoms with Crippen LogP contribution in [0.2, 0.25) is 0 Å². The zero-order valence-corrected chi connectivity index (χ0v) is 17.5.